The van der Waals surface area contributed by atoms with Crippen LogP contribution in [0.5, 0.6) is 0 Å². The molecule has 2 rings (SSSR count). The van der Waals surface area contributed by atoms with Crippen molar-refractivity contribution in [3.05, 3.63) is 35.5 Å². The molecule has 0 unspecified atom stereocenters. The highest BCUT2D eigenvalue weighted by molar-refractivity contribution is 5.85. The molecule has 0 saturated carbocycles. The van der Waals surface area contributed by atoms with Crippen LogP contribution in [0.15, 0.2) is 24.4 Å². The maximum Gasteiger partial charge on any atom is 0.0585 e. The van der Waals surface area contributed by atoms with Gasteiger partial charge in [-0.3, -0.25) is 0 Å². The van der Waals surface area contributed by atoms with E-state index in [1.54, 1.807) is 0 Å². The number of nitrogens with one attached hydrogen (secondary N) is 1. The zero-order chi connectivity index (χ0) is 10.8. The fraction of sp³-hybridized carbons (Fsp3) is 0.333. The summed E-state index contributed by atoms with van der Waals surface area (Å²) in [7, 11) is 0. The van der Waals surface area contributed by atoms with E-state index < -0.39 is 0 Å². The topological polar surface area (TPSA) is 62.0 Å². The normalized spacial score (nSPS) is 13.3. The van der Waals surface area contributed by atoms with E-state index in [2.05, 4.69) is 24.0 Å². The Morgan fingerprint density at radius 3 is 3.00 bits per heavy atom. The van der Waals surface area contributed by atoms with E-state index >= 15 is 0 Å². The first-order valence-electron chi connectivity index (χ1n) is 5.14. The first kappa shape index (κ1) is 10.2. The Bertz CT molecular complexity index is 462. The van der Waals surface area contributed by atoms with Gasteiger partial charge in [-0.1, -0.05) is 18.2 Å². The van der Waals surface area contributed by atoms with E-state index in [1.165, 1.54) is 16.5 Å². The molecule has 0 saturated heterocycles. The molecule has 1 aromatic heterocycles. The third-order valence-corrected chi connectivity index (χ3v) is 2.73. The number of benzene rings is 1. The molecule has 2 aromatic rings. The standard InChI is InChI=1S/C12H16N2O/c1-8-3-2-4-11-9(5-10(13)7-15)6-14-12(8)11/h2-4,6,10,14-15H,5,7,13H2,1H3/t10-/m1/s1. The second-order valence-electron chi connectivity index (χ2n) is 3.96. The Morgan fingerprint density at radius 2 is 2.27 bits per heavy atom. The third kappa shape index (κ3) is 1.89. The van der Waals surface area contributed by atoms with Crippen molar-refractivity contribution >= 4 is 10.9 Å². The highest BCUT2D eigenvalue weighted by Gasteiger charge is 2.08. The summed E-state index contributed by atoms with van der Waals surface area (Å²) < 4.78 is 0. The molecule has 3 heteroatoms. The molecule has 0 aliphatic rings. The molecular formula is C12H16N2O. The zero-order valence-electron chi connectivity index (χ0n) is 8.83. The minimum absolute atomic E-state index is 0.0263. The molecule has 3 nitrogen and oxygen atoms in total. The van der Waals surface area contributed by atoms with E-state index in [0.717, 1.165) is 5.52 Å². The summed E-state index contributed by atoms with van der Waals surface area (Å²) in [5.74, 6) is 0. The number of hydrogen-bond donors (Lipinski definition) is 3. The lowest BCUT2D eigenvalue weighted by Gasteiger charge is -2.06. The highest BCUT2D eigenvalue weighted by atomic mass is 16.3. The Kier molecular flexibility index (Phi) is 2.75. The van der Waals surface area contributed by atoms with Crippen molar-refractivity contribution in [1.82, 2.24) is 4.98 Å². The predicted molar refractivity (Wildman–Crippen MR) is 61.8 cm³/mol. The molecular weight excluding hydrogens is 188 g/mol. The van der Waals surface area contributed by atoms with E-state index in [-0.39, 0.29) is 12.6 Å². The second kappa shape index (κ2) is 4.04. The maximum atomic E-state index is 8.93. The molecule has 80 valence electrons. The van der Waals surface area contributed by atoms with E-state index in [9.17, 15) is 0 Å². The Hall–Kier alpha value is -1.32. The molecule has 0 aliphatic carbocycles. The fourth-order valence-corrected chi connectivity index (χ4v) is 1.88. The van der Waals surface area contributed by atoms with Crippen LogP contribution in [0.25, 0.3) is 10.9 Å². The number of aryl methyl sites for hydroxylation is 1. The number of para-hydroxylation sites is 1. The smallest absolute Gasteiger partial charge is 0.0585 e. The van der Waals surface area contributed by atoms with Crippen molar-refractivity contribution in [2.75, 3.05) is 6.61 Å². The van der Waals surface area contributed by atoms with Gasteiger partial charge in [0, 0.05) is 23.1 Å². The van der Waals surface area contributed by atoms with Crippen LogP contribution in [0.2, 0.25) is 0 Å². The van der Waals surface area contributed by atoms with Crippen LogP contribution in [0.4, 0.5) is 0 Å². The van der Waals surface area contributed by atoms with Gasteiger partial charge in [0.2, 0.25) is 0 Å². The molecule has 1 aromatic carbocycles. The molecule has 15 heavy (non-hydrogen) atoms. The molecule has 1 heterocycles. The number of aliphatic hydroxyl groups excluding tert-OH is 1. The van der Waals surface area contributed by atoms with Crippen molar-refractivity contribution < 1.29 is 5.11 Å². The number of rotatable bonds is 3. The molecule has 0 spiro atoms. The Labute approximate surface area is 88.9 Å². The van der Waals surface area contributed by atoms with Gasteiger partial charge in [0.15, 0.2) is 0 Å². The largest absolute Gasteiger partial charge is 0.395 e. The molecule has 0 radical (unpaired) electrons. The van der Waals surface area contributed by atoms with Crippen LogP contribution in [0.3, 0.4) is 0 Å². The monoisotopic (exact) mass is 204 g/mol. The van der Waals surface area contributed by atoms with Crippen molar-refractivity contribution in [1.29, 1.82) is 0 Å². The third-order valence-electron chi connectivity index (χ3n) is 2.73. The first-order valence-corrected chi connectivity index (χ1v) is 5.14. The molecule has 1 atom stereocenters. The number of nitrogens with two attached hydrogens (primary N) is 1. The van der Waals surface area contributed by atoms with Gasteiger partial charge in [-0.2, -0.15) is 0 Å². The predicted octanol–water partition coefficient (Wildman–Crippen LogP) is 1.34. The summed E-state index contributed by atoms with van der Waals surface area (Å²) in [6.07, 6.45) is 2.69. The average molecular weight is 204 g/mol. The van der Waals surface area contributed by atoms with Crippen LogP contribution >= 0.6 is 0 Å². The van der Waals surface area contributed by atoms with Crippen LogP contribution < -0.4 is 5.73 Å². The quantitative estimate of drug-likeness (QED) is 0.706. The van der Waals surface area contributed by atoms with Gasteiger partial charge >= 0.3 is 0 Å². The minimum Gasteiger partial charge on any atom is -0.395 e. The van der Waals surface area contributed by atoms with Gasteiger partial charge in [-0.25, -0.2) is 0 Å². The van der Waals surface area contributed by atoms with Crippen LogP contribution in [0.1, 0.15) is 11.1 Å². The summed E-state index contributed by atoms with van der Waals surface area (Å²) >= 11 is 0. The molecule has 4 N–H and O–H groups in total. The van der Waals surface area contributed by atoms with Crippen LogP contribution in [0, 0.1) is 6.92 Å². The average Bonchev–Trinajstić information content (AvgIpc) is 2.63. The van der Waals surface area contributed by atoms with Crippen LogP contribution in [-0.2, 0) is 6.42 Å². The number of aromatic nitrogens is 1. The number of hydrogen-bond acceptors (Lipinski definition) is 2. The van der Waals surface area contributed by atoms with Crippen LogP contribution in [-0.4, -0.2) is 22.7 Å². The lowest BCUT2D eigenvalue weighted by atomic mass is 10.0. The summed E-state index contributed by atoms with van der Waals surface area (Å²) in [6, 6.07) is 6.02. The first-order chi connectivity index (χ1) is 7.22. The molecule has 0 fully saturated rings. The summed E-state index contributed by atoms with van der Waals surface area (Å²) in [5, 5.41) is 10.1. The van der Waals surface area contributed by atoms with Gasteiger partial charge in [0.25, 0.3) is 0 Å². The lowest BCUT2D eigenvalue weighted by Crippen LogP contribution is -2.26. The van der Waals surface area contributed by atoms with E-state index in [1.807, 2.05) is 12.3 Å². The number of fused-ring (bicyclic) bond motifs is 1. The van der Waals surface area contributed by atoms with Gasteiger partial charge in [0.1, 0.15) is 0 Å². The molecule has 0 aliphatic heterocycles. The summed E-state index contributed by atoms with van der Waals surface area (Å²) in [4.78, 5) is 3.25. The summed E-state index contributed by atoms with van der Waals surface area (Å²) in [5.41, 5.74) is 9.30. The highest BCUT2D eigenvalue weighted by Crippen LogP contribution is 2.21. The molecule has 0 amide bonds. The van der Waals surface area contributed by atoms with Crippen molar-refractivity contribution in [3.8, 4) is 0 Å². The fourth-order valence-electron chi connectivity index (χ4n) is 1.88. The maximum absolute atomic E-state index is 8.93. The summed E-state index contributed by atoms with van der Waals surface area (Å²) in [6.45, 7) is 2.10. The number of aliphatic hydroxyl groups is 1. The lowest BCUT2D eigenvalue weighted by molar-refractivity contribution is 0.265. The molecule has 0 bridgehead atoms. The van der Waals surface area contributed by atoms with Gasteiger partial charge in [-0.15, -0.1) is 0 Å². The Morgan fingerprint density at radius 1 is 1.47 bits per heavy atom. The Balaban J connectivity index is 2.41. The van der Waals surface area contributed by atoms with Gasteiger partial charge < -0.3 is 15.8 Å². The van der Waals surface area contributed by atoms with E-state index in [0.29, 0.717) is 6.42 Å². The minimum atomic E-state index is -0.176. The zero-order valence-corrected chi connectivity index (χ0v) is 8.83. The second-order valence-corrected chi connectivity index (χ2v) is 3.96. The number of H-pyrrole nitrogens is 1. The van der Waals surface area contributed by atoms with Crippen molar-refractivity contribution in [2.24, 2.45) is 5.73 Å². The van der Waals surface area contributed by atoms with Crippen molar-refractivity contribution in [3.63, 3.8) is 0 Å². The van der Waals surface area contributed by atoms with Crippen molar-refractivity contribution in [2.45, 2.75) is 19.4 Å². The van der Waals surface area contributed by atoms with Gasteiger partial charge in [0.05, 0.1) is 6.61 Å². The number of aromatic amines is 1. The van der Waals surface area contributed by atoms with Gasteiger partial charge in [-0.05, 0) is 24.5 Å². The van der Waals surface area contributed by atoms with E-state index in [4.69, 9.17) is 10.8 Å². The SMILES string of the molecule is Cc1cccc2c(C[C@@H](N)CO)c[nH]c12.